The Labute approximate surface area is 118 Å². The molecule has 1 N–H and O–H groups in total. The van der Waals surface area contributed by atoms with E-state index in [-0.39, 0.29) is 0 Å². The van der Waals surface area contributed by atoms with Crippen molar-refractivity contribution in [3.8, 4) is 0 Å². The number of halogens is 1. The van der Waals surface area contributed by atoms with Crippen molar-refractivity contribution < 1.29 is 4.74 Å². The van der Waals surface area contributed by atoms with Crippen LogP contribution in [-0.2, 0) is 11.3 Å². The molecular weight excluding hydrogens is 347 g/mol. The van der Waals surface area contributed by atoms with Crippen LogP contribution < -0.4 is 4.83 Å². The second kappa shape index (κ2) is 7.23. The zero-order chi connectivity index (χ0) is 11.9. The summed E-state index contributed by atoms with van der Waals surface area (Å²) in [6.45, 7) is 1.55. The largest absolute Gasteiger partial charge is 0.376 e. The number of rotatable bonds is 6. The molecule has 0 saturated heterocycles. The van der Waals surface area contributed by atoms with Crippen LogP contribution in [0.15, 0.2) is 35.4 Å². The smallest absolute Gasteiger partial charge is 0.0717 e. The Hall–Kier alpha value is -0.270. The van der Waals surface area contributed by atoms with Crippen molar-refractivity contribution in [1.29, 1.82) is 0 Å². The fourth-order valence-electron chi connectivity index (χ4n) is 1.82. The molecule has 1 aromatic rings. The van der Waals surface area contributed by atoms with Crippen molar-refractivity contribution in [2.45, 2.75) is 19.4 Å². The molecule has 0 heterocycles. The Morgan fingerprint density at radius 3 is 2.82 bits per heavy atom. The molecule has 0 amide bonds. The Balaban J connectivity index is 1.59. The second-order valence-electron chi connectivity index (χ2n) is 4.12. The minimum atomic E-state index is 0.651. The fourth-order valence-corrected chi connectivity index (χ4v) is 2.27. The molecule has 0 radical (unpaired) electrons. The van der Waals surface area contributed by atoms with Gasteiger partial charge in [-0.05, 0) is 24.3 Å². The molecule has 5 heteroatoms. The first-order chi connectivity index (χ1) is 8.38. The highest BCUT2D eigenvalue weighted by Gasteiger charge is 2.24. The molecule has 0 aromatic heterocycles. The summed E-state index contributed by atoms with van der Waals surface area (Å²) in [6.07, 6.45) is 2.14. The van der Waals surface area contributed by atoms with Gasteiger partial charge in [0.2, 0.25) is 0 Å². The maximum Gasteiger partial charge on any atom is 0.0717 e. The van der Waals surface area contributed by atoms with Gasteiger partial charge in [0, 0.05) is 36.0 Å². The Morgan fingerprint density at radius 1 is 1.35 bits per heavy atom. The summed E-state index contributed by atoms with van der Waals surface area (Å²) in [6, 6.07) is 10.3. The van der Waals surface area contributed by atoms with E-state index in [2.05, 4.69) is 43.3 Å². The van der Waals surface area contributed by atoms with Crippen molar-refractivity contribution >= 4 is 36.0 Å². The summed E-state index contributed by atoms with van der Waals surface area (Å²) in [4.78, 5) is 2.90. The van der Waals surface area contributed by atoms with E-state index in [0.717, 1.165) is 19.4 Å². The monoisotopic (exact) mass is 362 g/mol. The SMILES string of the molecule is ISNN=C1CC(COCc2ccccc2)C1. The first-order valence-electron chi connectivity index (χ1n) is 5.58. The number of benzene rings is 1. The van der Waals surface area contributed by atoms with Gasteiger partial charge >= 0.3 is 0 Å². The zero-order valence-electron chi connectivity index (χ0n) is 9.43. The fraction of sp³-hybridized carbons (Fsp3) is 0.417. The zero-order valence-corrected chi connectivity index (χ0v) is 12.4. The minimum Gasteiger partial charge on any atom is -0.376 e. The normalized spacial score (nSPS) is 18.6. The third-order valence-corrected chi connectivity index (χ3v) is 3.50. The van der Waals surface area contributed by atoms with Crippen LogP contribution >= 0.6 is 30.3 Å². The van der Waals surface area contributed by atoms with Gasteiger partial charge < -0.3 is 4.74 Å². The molecule has 0 aliphatic heterocycles. The van der Waals surface area contributed by atoms with Crippen LogP contribution in [0.5, 0.6) is 0 Å². The van der Waals surface area contributed by atoms with Crippen LogP contribution in [0.4, 0.5) is 0 Å². The number of hydrogen-bond acceptors (Lipinski definition) is 4. The summed E-state index contributed by atoms with van der Waals surface area (Å²) < 4.78 is 5.69. The van der Waals surface area contributed by atoms with Crippen LogP contribution in [0.3, 0.4) is 0 Å². The lowest BCUT2D eigenvalue weighted by Crippen LogP contribution is -2.28. The maximum atomic E-state index is 5.69. The molecule has 1 aliphatic rings. The summed E-state index contributed by atoms with van der Waals surface area (Å²) in [5.74, 6) is 0.651. The number of hydrazone groups is 1. The van der Waals surface area contributed by atoms with Gasteiger partial charge in [-0.3, -0.25) is 0 Å². The number of hydrogen-bond donors (Lipinski definition) is 1. The molecule has 1 aromatic carbocycles. The lowest BCUT2D eigenvalue weighted by molar-refractivity contribution is 0.0836. The third kappa shape index (κ3) is 4.48. The van der Waals surface area contributed by atoms with Crippen LogP contribution in [-0.4, -0.2) is 12.3 Å². The lowest BCUT2D eigenvalue weighted by Gasteiger charge is -2.27. The Morgan fingerprint density at radius 2 is 2.12 bits per heavy atom. The van der Waals surface area contributed by atoms with E-state index in [1.807, 2.05) is 18.2 Å². The van der Waals surface area contributed by atoms with E-state index in [1.54, 1.807) is 0 Å². The van der Waals surface area contributed by atoms with Crippen LogP contribution in [0.25, 0.3) is 0 Å². The number of ether oxygens (including phenoxy) is 1. The second-order valence-corrected chi connectivity index (χ2v) is 5.78. The maximum absolute atomic E-state index is 5.69. The summed E-state index contributed by atoms with van der Waals surface area (Å²) in [5.41, 5.74) is 2.49. The van der Waals surface area contributed by atoms with Gasteiger partial charge in [-0.15, -0.1) is 0 Å². The molecule has 1 aliphatic carbocycles. The molecule has 17 heavy (non-hydrogen) atoms. The topological polar surface area (TPSA) is 33.6 Å². The van der Waals surface area contributed by atoms with E-state index >= 15 is 0 Å². The molecule has 0 bridgehead atoms. The van der Waals surface area contributed by atoms with Gasteiger partial charge in [-0.1, -0.05) is 30.3 Å². The van der Waals surface area contributed by atoms with E-state index in [1.165, 1.54) is 20.4 Å². The quantitative estimate of drug-likeness (QED) is 0.477. The number of nitrogens with one attached hydrogen (secondary N) is 1. The van der Waals surface area contributed by atoms with Gasteiger partial charge in [-0.2, -0.15) is 5.10 Å². The lowest BCUT2D eigenvalue weighted by atomic mass is 9.84. The van der Waals surface area contributed by atoms with Crippen molar-refractivity contribution in [3.05, 3.63) is 35.9 Å². The van der Waals surface area contributed by atoms with Crippen LogP contribution in [0.1, 0.15) is 18.4 Å². The molecule has 92 valence electrons. The minimum absolute atomic E-state index is 0.651. The van der Waals surface area contributed by atoms with Gasteiger partial charge in [0.05, 0.1) is 13.2 Å². The third-order valence-electron chi connectivity index (χ3n) is 2.75. The predicted molar refractivity (Wildman–Crippen MR) is 81.0 cm³/mol. The highest BCUT2D eigenvalue weighted by Crippen LogP contribution is 2.25. The van der Waals surface area contributed by atoms with Gasteiger partial charge in [0.25, 0.3) is 0 Å². The molecular formula is C12H15IN2OS. The van der Waals surface area contributed by atoms with Crippen molar-refractivity contribution in [2.24, 2.45) is 11.0 Å². The van der Waals surface area contributed by atoms with E-state index in [9.17, 15) is 0 Å². The van der Waals surface area contributed by atoms with E-state index in [0.29, 0.717) is 12.5 Å². The van der Waals surface area contributed by atoms with Crippen molar-refractivity contribution in [1.82, 2.24) is 4.83 Å². The van der Waals surface area contributed by atoms with Crippen molar-refractivity contribution in [2.75, 3.05) is 6.61 Å². The van der Waals surface area contributed by atoms with Gasteiger partial charge in [0.1, 0.15) is 0 Å². The molecule has 3 nitrogen and oxygen atoms in total. The Kier molecular flexibility index (Phi) is 5.60. The molecule has 2 rings (SSSR count). The summed E-state index contributed by atoms with van der Waals surface area (Å²) >= 11 is 2.17. The highest BCUT2D eigenvalue weighted by atomic mass is 127. The predicted octanol–water partition coefficient (Wildman–Crippen LogP) is 3.56. The van der Waals surface area contributed by atoms with Crippen molar-refractivity contribution in [3.63, 3.8) is 0 Å². The average molecular weight is 362 g/mol. The van der Waals surface area contributed by atoms with E-state index in [4.69, 9.17) is 4.74 Å². The van der Waals surface area contributed by atoms with Crippen LogP contribution in [0.2, 0.25) is 0 Å². The summed E-state index contributed by atoms with van der Waals surface area (Å²) in [7, 11) is 1.50. The van der Waals surface area contributed by atoms with Gasteiger partial charge in [0.15, 0.2) is 0 Å². The highest BCUT2D eigenvalue weighted by molar-refractivity contribution is 14.2. The molecule has 0 atom stereocenters. The first kappa shape index (κ1) is 13.2. The van der Waals surface area contributed by atoms with E-state index < -0.39 is 0 Å². The van der Waals surface area contributed by atoms with Gasteiger partial charge in [-0.25, -0.2) is 4.83 Å². The summed E-state index contributed by atoms with van der Waals surface area (Å²) in [5, 5.41) is 4.23. The average Bonchev–Trinajstić information content (AvgIpc) is 2.32. The standard InChI is InChI=1S/C12H15IN2OS/c13-17-15-14-12-6-11(7-12)9-16-8-10-4-2-1-3-5-10/h1-5,11,15H,6-9H2. The van der Waals surface area contributed by atoms with Crippen LogP contribution in [0, 0.1) is 5.92 Å². The molecule has 1 saturated carbocycles. The molecule has 0 unspecified atom stereocenters. The molecule has 1 fully saturated rings. The number of nitrogens with zero attached hydrogens (tertiary/aromatic N) is 1. The molecule has 0 spiro atoms. The Bertz CT molecular complexity index is 364. The first-order valence-corrected chi connectivity index (χ1v) is 8.94.